The smallest absolute Gasteiger partial charge is 0.0340 e. The highest BCUT2D eigenvalue weighted by molar-refractivity contribution is 5.45. The molecule has 1 N–H and O–H groups in total. The summed E-state index contributed by atoms with van der Waals surface area (Å²) in [6, 6.07) is 9.17. The summed E-state index contributed by atoms with van der Waals surface area (Å²) in [6.45, 7) is 8.88. The summed E-state index contributed by atoms with van der Waals surface area (Å²) in [5.74, 6) is 0.813. The van der Waals surface area contributed by atoms with Gasteiger partial charge in [-0.15, -0.1) is 0 Å². The Kier molecular flexibility index (Phi) is 6.38. The van der Waals surface area contributed by atoms with E-state index in [-0.39, 0.29) is 0 Å². The minimum atomic E-state index is 0.813. The fourth-order valence-corrected chi connectivity index (χ4v) is 3.21. The molecule has 112 valence electrons. The molecule has 2 rings (SSSR count). The second kappa shape index (κ2) is 8.31. The highest BCUT2D eigenvalue weighted by atomic mass is 15.1. The van der Waals surface area contributed by atoms with Crippen LogP contribution in [0, 0.1) is 0 Å². The largest absolute Gasteiger partial charge is 0.384 e. The maximum Gasteiger partial charge on any atom is 0.0340 e. The third kappa shape index (κ3) is 4.52. The van der Waals surface area contributed by atoms with E-state index in [1.165, 1.54) is 37.8 Å². The monoisotopic (exact) mass is 274 g/mol. The zero-order valence-corrected chi connectivity index (χ0v) is 13.2. The highest BCUT2D eigenvalue weighted by Crippen LogP contribution is 2.32. The van der Waals surface area contributed by atoms with E-state index in [2.05, 4.69) is 48.3 Å². The Hall–Kier alpha value is -1.02. The van der Waals surface area contributed by atoms with Gasteiger partial charge in [-0.25, -0.2) is 0 Å². The van der Waals surface area contributed by atoms with E-state index in [1.54, 1.807) is 5.56 Å². The van der Waals surface area contributed by atoms with Crippen molar-refractivity contribution in [2.45, 2.75) is 51.9 Å². The summed E-state index contributed by atoms with van der Waals surface area (Å²) in [5.41, 5.74) is 2.80. The van der Waals surface area contributed by atoms with Crippen LogP contribution >= 0.6 is 0 Å². The quantitative estimate of drug-likeness (QED) is 0.788. The molecule has 1 aliphatic rings. The van der Waals surface area contributed by atoms with Crippen molar-refractivity contribution in [1.82, 2.24) is 4.90 Å². The molecule has 1 aromatic rings. The molecule has 2 heteroatoms. The Morgan fingerprint density at radius 3 is 2.25 bits per heavy atom. The predicted molar refractivity (Wildman–Crippen MR) is 88.5 cm³/mol. The first-order valence-corrected chi connectivity index (χ1v) is 8.39. The number of hydrogen-bond donors (Lipinski definition) is 1. The lowest BCUT2D eigenvalue weighted by Crippen LogP contribution is -2.28. The predicted octanol–water partition coefficient (Wildman–Crippen LogP) is 4.49. The first kappa shape index (κ1) is 15.4. The lowest BCUT2D eigenvalue weighted by Gasteiger charge is -2.22. The SMILES string of the molecule is CCN(CC)CCNc1ccc(C2CCCCC2)cc1. The zero-order valence-electron chi connectivity index (χ0n) is 13.2. The fourth-order valence-electron chi connectivity index (χ4n) is 3.21. The van der Waals surface area contributed by atoms with Crippen molar-refractivity contribution in [3.63, 3.8) is 0 Å². The number of likely N-dealkylation sites (N-methyl/N-ethyl adjacent to an activating group) is 1. The first-order chi connectivity index (χ1) is 9.83. The molecule has 0 aromatic heterocycles. The number of anilines is 1. The van der Waals surface area contributed by atoms with Gasteiger partial charge >= 0.3 is 0 Å². The van der Waals surface area contributed by atoms with E-state index in [1.807, 2.05) is 0 Å². The second-order valence-electron chi connectivity index (χ2n) is 5.91. The number of nitrogens with zero attached hydrogens (tertiary/aromatic N) is 1. The summed E-state index contributed by atoms with van der Waals surface area (Å²) >= 11 is 0. The van der Waals surface area contributed by atoms with Crippen molar-refractivity contribution in [3.8, 4) is 0 Å². The summed E-state index contributed by atoms with van der Waals surface area (Å²) in [4.78, 5) is 2.45. The molecular weight excluding hydrogens is 244 g/mol. The molecule has 0 aliphatic heterocycles. The Balaban J connectivity index is 1.79. The molecule has 1 fully saturated rings. The van der Waals surface area contributed by atoms with E-state index in [4.69, 9.17) is 0 Å². The van der Waals surface area contributed by atoms with E-state index in [0.717, 1.165) is 32.1 Å². The molecule has 0 heterocycles. The summed E-state index contributed by atoms with van der Waals surface area (Å²) < 4.78 is 0. The lowest BCUT2D eigenvalue weighted by molar-refractivity contribution is 0.316. The van der Waals surface area contributed by atoms with Crippen molar-refractivity contribution in [1.29, 1.82) is 0 Å². The van der Waals surface area contributed by atoms with Gasteiger partial charge < -0.3 is 10.2 Å². The lowest BCUT2D eigenvalue weighted by atomic mass is 9.84. The van der Waals surface area contributed by atoms with Crippen LogP contribution in [0.4, 0.5) is 5.69 Å². The second-order valence-corrected chi connectivity index (χ2v) is 5.91. The standard InChI is InChI=1S/C18H30N2/c1-3-20(4-2)15-14-19-18-12-10-17(11-13-18)16-8-6-5-7-9-16/h10-13,16,19H,3-9,14-15H2,1-2H3. The molecule has 2 nitrogen and oxygen atoms in total. The molecule has 0 bridgehead atoms. The number of hydrogen-bond acceptors (Lipinski definition) is 2. The zero-order chi connectivity index (χ0) is 14.2. The molecule has 0 radical (unpaired) electrons. The van der Waals surface area contributed by atoms with E-state index < -0.39 is 0 Å². The number of rotatable bonds is 7. The molecule has 1 saturated carbocycles. The van der Waals surface area contributed by atoms with Gasteiger partial charge in [-0.2, -0.15) is 0 Å². The average Bonchev–Trinajstić information content (AvgIpc) is 2.53. The van der Waals surface area contributed by atoms with Gasteiger partial charge in [0.15, 0.2) is 0 Å². The average molecular weight is 274 g/mol. The Bertz CT molecular complexity index is 362. The van der Waals surface area contributed by atoms with Crippen LogP contribution in [0.5, 0.6) is 0 Å². The van der Waals surface area contributed by atoms with Crippen molar-refractivity contribution in [3.05, 3.63) is 29.8 Å². The van der Waals surface area contributed by atoms with Crippen LogP contribution in [0.2, 0.25) is 0 Å². The van der Waals surface area contributed by atoms with Gasteiger partial charge in [0, 0.05) is 18.8 Å². The van der Waals surface area contributed by atoms with E-state index in [9.17, 15) is 0 Å². The van der Waals surface area contributed by atoms with Crippen LogP contribution < -0.4 is 5.32 Å². The minimum Gasteiger partial charge on any atom is -0.384 e. The summed E-state index contributed by atoms with van der Waals surface area (Å²) in [7, 11) is 0. The molecule has 0 amide bonds. The molecule has 0 spiro atoms. The van der Waals surface area contributed by atoms with Crippen molar-refractivity contribution in [2.75, 3.05) is 31.5 Å². The van der Waals surface area contributed by atoms with Gasteiger partial charge in [0.05, 0.1) is 0 Å². The fraction of sp³-hybridized carbons (Fsp3) is 0.667. The molecule has 1 aliphatic carbocycles. The van der Waals surface area contributed by atoms with Gasteiger partial charge in [0.25, 0.3) is 0 Å². The maximum absolute atomic E-state index is 3.53. The van der Waals surface area contributed by atoms with Gasteiger partial charge in [-0.05, 0) is 49.5 Å². The van der Waals surface area contributed by atoms with Gasteiger partial charge in [0.1, 0.15) is 0 Å². The van der Waals surface area contributed by atoms with Gasteiger partial charge in [-0.3, -0.25) is 0 Å². The van der Waals surface area contributed by atoms with Crippen molar-refractivity contribution in [2.24, 2.45) is 0 Å². The maximum atomic E-state index is 3.53. The molecule has 0 unspecified atom stereocenters. The van der Waals surface area contributed by atoms with Gasteiger partial charge in [0.2, 0.25) is 0 Å². The molecule has 0 atom stereocenters. The van der Waals surface area contributed by atoms with Gasteiger partial charge in [-0.1, -0.05) is 45.2 Å². The number of nitrogens with one attached hydrogen (secondary N) is 1. The Morgan fingerprint density at radius 2 is 1.65 bits per heavy atom. The van der Waals surface area contributed by atoms with Crippen LogP contribution in [0.3, 0.4) is 0 Å². The van der Waals surface area contributed by atoms with Crippen molar-refractivity contribution < 1.29 is 0 Å². The third-order valence-corrected chi connectivity index (χ3v) is 4.64. The molecular formula is C18H30N2. The highest BCUT2D eigenvalue weighted by Gasteiger charge is 2.14. The van der Waals surface area contributed by atoms with Crippen LogP contribution in [-0.4, -0.2) is 31.1 Å². The third-order valence-electron chi connectivity index (χ3n) is 4.64. The molecule has 1 aromatic carbocycles. The van der Waals surface area contributed by atoms with Crippen LogP contribution in [0.15, 0.2) is 24.3 Å². The van der Waals surface area contributed by atoms with Crippen LogP contribution in [0.1, 0.15) is 57.4 Å². The topological polar surface area (TPSA) is 15.3 Å². The van der Waals surface area contributed by atoms with Crippen LogP contribution in [0.25, 0.3) is 0 Å². The first-order valence-electron chi connectivity index (χ1n) is 8.39. The van der Waals surface area contributed by atoms with Crippen LogP contribution in [-0.2, 0) is 0 Å². The summed E-state index contributed by atoms with van der Waals surface area (Å²) in [6.07, 6.45) is 7.02. The Labute approximate surface area is 124 Å². The molecule has 0 saturated heterocycles. The van der Waals surface area contributed by atoms with E-state index >= 15 is 0 Å². The minimum absolute atomic E-state index is 0.813. The normalized spacial score (nSPS) is 16.6. The Morgan fingerprint density at radius 1 is 1.00 bits per heavy atom. The summed E-state index contributed by atoms with van der Waals surface area (Å²) in [5, 5.41) is 3.53. The van der Waals surface area contributed by atoms with Crippen molar-refractivity contribution >= 4 is 5.69 Å². The van der Waals surface area contributed by atoms with E-state index in [0.29, 0.717) is 0 Å². The number of benzene rings is 1. The molecule has 20 heavy (non-hydrogen) atoms.